The Morgan fingerprint density at radius 2 is 2.13 bits per heavy atom. The van der Waals surface area contributed by atoms with Crippen LogP contribution in [0.5, 0.6) is 0 Å². The van der Waals surface area contributed by atoms with Crippen molar-refractivity contribution in [1.82, 2.24) is 5.43 Å². The van der Waals surface area contributed by atoms with Crippen molar-refractivity contribution >= 4 is 11.7 Å². The van der Waals surface area contributed by atoms with Crippen LogP contribution in [0, 0.1) is 6.92 Å². The van der Waals surface area contributed by atoms with E-state index in [1.165, 1.54) is 5.56 Å². The first-order valence-electron chi connectivity index (χ1n) is 4.79. The van der Waals surface area contributed by atoms with E-state index in [0.717, 1.165) is 11.3 Å². The molecule has 2 N–H and O–H groups in total. The quantitative estimate of drug-likeness (QED) is 0.759. The fourth-order valence-electron chi connectivity index (χ4n) is 1.51. The van der Waals surface area contributed by atoms with E-state index in [1.807, 2.05) is 31.2 Å². The first-order chi connectivity index (χ1) is 7.16. The fourth-order valence-corrected chi connectivity index (χ4v) is 1.51. The molecule has 0 aromatic heterocycles. The van der Waals surface area contributed by atoms with Crippen LogP contribution in [0.15, 0.2) is 29.4 Å². The normalized spacial score (nSPS) is 19.5. The Balaban J connectivity index is 2.14. The molecule has 0 radical (unpaired) electrons. The summed E-state index contributed by atoms with van der Waals surface area (Å²) in [5, 5.41) is 12.8. The smallest absolute Gasteiger partial charge is 0.328 e. The minimum Gasteiger partial charge on any atom is -0.480 e. The zero-order chi connectivity index (χ0) is 10.8. The van der Waals surface area contributed by atoms with Crippen molar-refractivity contribution in [2.45, 2.75) is 19.4 Å². The lowest BCUT2D eigenvalue weighted by molar-refractivity contribution is -0.139. The monoisotopic (exact) mass is 204 g/mol. The van der Waals surface area contributed by atoms with Crippen LogP contribution in [-0.4, -0.2) is 22.8 Å². The number of carboxylic acid groups (broad SMARTS) is 1. The van der Waals surface area contributed by atoms with Crippen LogP contribution in [0.2, 0.25) is 0 Å². The molecule has 0 saturated carbocycles. The van der Waals surface area contributed by atoms with Crippen molar-refractivity contribution in [3.05, 3.63) is 35.4 Å². The van der Waals surface area contributed by atoms with Gasteiger partial charge in [0, 0.05) is 6.42 Å². The summed E-state index contributed by atoms with van der Waals surface area (Å²) < 4.78 is 0. The molecule has 0 saturated heterocycles. The molecule has 15 heavy (non-hydrogen) atoms. The number of hydrazone groups is 1. The third-order valence-electron chi connectivity index (χ3n) is 2.44. The molecule has 78 valence electrons. The summed E-state index contributed by atoms with van der Waals surface area (Å²) in [7, 11) is 0. The minimum atomic E-state index is -0.860. The number of nitrogens with one attached hydrogen (secondary N) is 1. The third kappa shape index (κ3) is 1.98. The van der Waals surface area contributed by atoms with Gasteiger partial charge in [-0.25, -0.2) is 4.79 Å². The topological polar surface area (TPSA) is 61.7 Å². The average molecular weight is 204 g/mol. The molecular weight excluding hydrogens is 192 g/mol. The van der Waals surface area contributed by atoms with Crippen molar-refractivity contribution in [3.63, 3.8) is 0 Å². The van der Waals surface area contributed by atoms with Crippen molar-refractivity contribution in [1.29, 1.82) is 0 Å². The molecular formula is C11H12N2O2. The molecule has 4 nitrogen and oxygen atoms in total. The SMILES string of the molecule is Cc1ccc(C2=NN[C@@H](C(=O)O)C2)cc1. The van der Waals surface area contributed by atoms with E-state index in [-0.39, 0.29) is 0 Å². The highest BCUT2D eigenvalue weighted by molar-refractivity contribution is 6.04. The highest BCUT2D eigenvalue weighted by Gasteiger charge is 2.25. The van der Waals surface area contributed by atoms with Gasteiger partial charge in [-0.3, -0.25) is 5.43 Å². The molecule has 1 aliphatic heterocycles. The molecule has 1 heterocycles. The Bertz CT molecular complexity index is 409. The minimum absolute atomic E-state index is 0.443. The van der Waals surface area contributed by atoms with Crippen molar-refractivity contribution < 1.29 is 9.90 Å². The maximum Gasteiger partial charge on any atom is 0.328 e. The first-order valence-corrected chi connectivity index (χ1v) is 4.79. The van der Waals surface area contributed by atoms with E-state index in [0.29, 0.717) is 6.42 Å². The van der Waals surface area contributed by atoms with Gasteiger partial charge >= 0.3 is 5.97 Å². The van der Waals surface area contributed by atoms with E-state index in [2.05, 4.69) is 10.5 Å². The Morgan fingerprint density at radius 3 is 2.67 bits per heavy atom. The van der Waals surface area contributed by atoms with Crippen molar-refractivity contribution in [2.24, 2.45) is 5.10 Å². The second-order valence-corrected chi connectivity index (χ2v) is 3.65. The number of aryl methyl sites for hydroxylation is 1. The predicted molar refractivity (Wildman–Crippen MR) is 56.9 cm³/mol. The lowest BCUT2D eigenvalue weighted by Gasteiger charge is -2.02. The van der Waals surface area contributed by atoms with E-state index in [9.17, 15) is 4.79 Å². The number of hydrogen-bond donors (Lipinski definition) is 2. The summed E-state index contributed by atoms with van der Waals surface area (Å²) in [5.41, 5.74) is 5.58. The van der Waals surface area contributed by atoms with Gasteiger partial charge in [0.15, 0.2) is 0 Å². The maximum absolute atomic E-state index is 10.7. The maximum atomic E-state index is 10.7. The second kappa shape index (κ2) is 3.73. The predicted octanol–water partition coefficient (Wildman–Crippen LogP) is 1.15. The summed E-state index contributed by atoms with van der Waals surface area (Å²) in [4.78, 5) is 10.7. The Morgan fingerprint density at radius 1 is 1.47 bits per heavy atom. The van der Waals surface area contributed by atoms with Gasteiger partial charge in [0.25, 0.3) is 0 Å². The summed E-state index contributed by atoms with van der Waals surface area (Å²) in [6, 6.07) is 7.32. The van der Waals surface area contributed by atoms with Gasteiger partial charge in [-0.05, 0) is 12.5 Å². The molecule has 1 atom stereocenters. The Hall–Kier alpha value is -1.84. The van der Waals surface area contributed by atoms with Crippen LogP contribution in [0.25, 0.3) is 0 Å². The molecule has 1 aromatic rings. The Labute approximate surface area is 87.6 Å². The van der Waals surface area contributed by atoms with E-state index < -0.39 is 12.0 Å². The van der Waals surface area contributed by atoms with Crippen molar-refractivity contribution in [3.8, 4) is 0 Å². The van der Waals surface area contributed by atoms with Crippen LogP contribution < -0.4 is 5.43 Å². The number of rotatable bonds is 2. The van der Waals surface area contributed by atoms with Crippen LogP contribution >= 0.6 is 0 Å². The number of carbonyl (C=O) groups is 1. The van der Waals surface area contributed by atoms with Crippen LogP contribution in [0.3, 0.4) is 0 Å². The van der Waals surface area contributed by atoms with E-state index >= 15 is 0 Å². The van der Waals surface area contributed by atoms with Gasteiger partial charge in [-0.1, -0.05) is 29.8 Å². The number of carboxylic acids is 1. The van der Waals surface area contributed by atoms with Gasteiger partial charge in [-0.2, -0.15) is 5.10 Å². The second-order valence-electron chi connectivity index (χ2n) is 3.65. The van der Waals surface area contributed by atoms with E-state index in [1.54, 1.807) is 0 Å². The number of nitrogens with zero attached hydrogens (tertiary/aromatic N) is 1. The molecule has 0 amide bonds. The van der Waals surface area contributed by atoms with Crippen LogP contribution in [0.1, 0.15) is 17.5 Å². The van der Waals surface area contributed by atoms with E-state index in [4.69, 9.17) is 5.11 Å². The summed E-state index contributed by atoms with van der Waals surface area (Å²) in [5.74, 6) is -0.860. The van der Waals surface area contributed by atoms with Crippen LogP contribution in [0.4, 0.5) is 0 Å². The molecule has 0 unspecified atom stereocenters. The van der Waals surface area contributed by atoms with Crippen LogP contribution in [-0.2, 0) is 4.79 Å². The van der Waals surface area contributed by atoms with Gasteiger partial charge in [-0.15, -0.1) is 0 Å². The van der Waals surface area contributed by atoms with Crippen molar-refractivity contribution in [2.75, 3.05) is 0 Å². The number of aliphatic carboxylic acids is 1. The van der Waals surface area contributed by atoms with Gasteiger partial charge in [0.1, 0.15) is 6.04 Å². The highest BCUT2D eigenvalue weighted by Crippen LogP contribution is 2.12. The molecule has 0 aliphatic carbocycles. The highest BCUT2D eigenvalue weighted by atomic mass is 16.4. The lowest BCUT2D eigenvalue weighted by Crippen LogP contribution is -2.29. The molecule has 2 rings (SSSR count). The van der Waals surface area contributed by atoms with Gasteiger partial charge in [0.05, 0.1) is 5.71 Å². The lowest BCUT2D eigenvalue weighted by atomic mass is 10.0. The average Bonchev–Trinajstić information content (AvgIpc) is 2.68. The summed E-state index contributed by atoms with van der Waals surface area (Å²) in [6.07, 6.45) is 0.443. The fraction of sp³-hybridized carbons (Fsp3) is 0.273. The Kier molecular flexibility index (Phi) is 2.41. The third-order valence-corrected chi connectivity index (χ3v) is 2.44. The molecule has 0 bridgehead atoms. The first kappa shape index (κ1) is 9.71. The zero-order valence-corrected chi connectivity index (χ0v) is 8.40. The number of benzene rings is 1. The molecule has 0 spiro atoms. The number of hydrogen-bond acceptors (Lipinski definition) is 3. The standard InChI is InChI=1S/C11H12N2O2/c1-7-2-4-8(5-3-7)9-6-10(11(14)15)13-12-9/h2-5,10,13H,6H2,1H3,(H,14,15)/t10-/m1/s1. The molecule has 0 fully saturated rings. The zero-order valence-electron chi connectivity index (χ0n) is 8.40. The summed E-state index contributed by atoms with van der Waals surface area (Å²) in [6.45, 7) is 2.01. The molecule has 1 aliphatic rings. The van der Waals surface area contributed by atoms with Gasteiger partial charge < -0.3 is 5.11 Å². The largest absolute Gasteiger partial charge is 0.480 e. The van der Waals surface area contributed by atoms with Gasteiger partial charge in [0.2, 0.25) is 0 Å². The molecule has 1 aromatic carbocycles. The molecule has 4 heteroatoms. The summed E-state index contributed by atoms with van der Waals surface area (Å²) >= 11 is 0.